The Hall–Kier alpha value is -4.20. The highest BCUT2D eigenvalue weighted by Gasteiger charge is 2.19. The lowest BCUT2D eigenvalue weighted by Gasteiger charge is -2.15. The number of carbonyl (C=O) groups is 2. The Morgan fingerprint density at radius 2 is 1.78 bits per heavy atom. The van der Waals surface area contributed by atoms with Gasteiger partial charge in [-0.2, -0.15) is 0 Å². The minimum absolute atomic E-state index is 0.0334. The summed E-state index contributed by atoms with van der Waals surface area (Å²) < 4.78 is 0. The monoisotopic (exact) mass is 429 g/mol. The number of pyridine rings is 1. The van der Waals surface area contributed by atoms with Gasteiger partial charge in [0.1, 0.15) is 17.4 Å². The molecule has 2 heterocycles. The number of benzene rings is 2. The van der Waals surface area contributed by atoms with Crippen LogP contribution in [0.5, 0.6) is 5.75 Å². The number of hydrogen-bond donors (Lipinski definition) is 3. The summed E-state index contributed by atoms with van der Waals surface area (Å²) >= 11 is 0. The number of aliphatic imine (C=N–C) groups is 1. The number of hydrogen-bond acceptors (Lipinski definition) is 6. The first-order chi connectivity index (χ1) is 15.4. The van der Waals surface area contributed by atoms with Crippen molar-refractivity contribution in [3.05, 3.63) is 83.0 Å². The smallest absolute Gasteiger partial charge is 0.259 e. The third kappa shape index (κ3) is 4.44. The number of rotatable bonds is 5. The minimum Gasteiger partial charge on any atom is -0.506 e. The quantitative estimate of drug-likeness (QED) is 0.540. The van der Waals surface area contributed by atoms with Crippen LogP contribution in [0.25, 0.3) is 0 Å². The minimum atomic E-state index is -0.495. The average Bonchev–Trinajstić information content (AvgIpc) is 3.22. The highest BCUT2D eigenvalue weighted by Crippen LogP contribution is 2.28. The van der Waals surface area contributed by atoms with Crippen molar-refractivity contribution in [3.63, 3.8) is 0 Å². The van der Waals surface area contributed by atoms with Crippen LogP contribution in [0.2, 0.25) is 0 Å². The van der Waals surface area contributed by atoms with E-state index in [9.17, 15) is 14.7 Å². The fourth-order valence-corrected chi connectivity index (χ4v) is 3.39. The number of anilines is 2. The van der Waals surface area contributed by atoms with Gasteiger partial charge in [0.2, 0.25) is 0 Å². The molecule has 0 fully saturated rings. The summed E-state index contributed by atoms with van der Waals surface area (Å²) in [5.74, 6) is 0.117. The number of phenolic OH excluding ortho intramolecular Hbond substituents is 1. The molecular weight excluding hydrogens is 406 g/mol. The summed E-state index contributed by atoms with van der Waals surface area (Å²) in [5.41, 5.74) is 2.44. The van der Waals surface area contributed by atoms with Crippen LogP contribution in [0.3, 0.4) is 0 Å². The van der Waals surface area contributed by atoms with Crippen molar-refractivity contribution < 1.29 is 14.7 Å². The molecule has 0 atom stereocenters. The lowest BCUT2D eigenvalue weighted by Crippen LogP contribution is -2.23. The van der Waals surface area contributed by atoms with Gasteiger partial charge in [0, 0.05) is 30.9 Å². The van der Waals surface area contributed by atoms with Crippen LogP contribution in [-0.2, 0) is 0 Å². The normalized spacial score (nSPS) is 12.9. The van der Waals surface area contributed by atoms with Crippen LogP contribution in [0, 0.1) is 6.92 Å². The second-order valence-electron chi connectivity index (χ2n) is 7.53. The van der Waals surface area contributed by atoms with Crippen LogP contribution in [0.4, 0.5) is 11.5 Å². The van der Waals surface area contributed by atoms with E-state index in [1.54, 1.807) is 24.4 Å². The average molecular weight is 429 g/mol. The molecular formula is C24H23N5O3. The van der Waals surface area contributed by atoms with Gasteiger partial charge in [0.05, 0.1) is 17.8 Å². The Bertz CT molecular complexity index is 1190. The zero-order valence-electron chi connectivity index (χ0n) is 17.8. The van der Waals surface area contributed by atoms with Gasteiger partial charge in [-0.15, -0.1) is 0 Å². The summed E-state index contributed by atoms with van der Waals surface area (Å²) in [6, 6.07) is 15.0. The first-order valence-corrected chi connectivity index (χ1v) is 10.2. The van der Waals surface area contributed by atoms with Gasteiger partial charge in [-0.1, -0.05) is 24.3 Å². The number of aryl methyl sites for hydroxylation is 1. The standard InChI is InChI=1S/C24H23N5O3/c1-15-6-11-20(26-14-15)27-24(32)18-4-3-5-19(30)21(18)28-23(31)17-9-7-16(8-10-17)22-25-12-13-29(22)2/h3-11,14,30H,12-13H2,1-2H3,(H,28,31)(H,26,27,32). The number of likely N-dealkylation sites (N-methyl/N-ethyl adjacent to an activating group) is 1. The molecule has 1 aromatic heterocycles. The number of phenols is 1. The van der Waals surface area contributed by atoms with E-state index < -0.39 is 11.8 Å². The van der Waals surface area contributed by atoms with E-state index >= 15 is 0 Å². The van der Waals surface area contributed by atoms with Gasteiger partial charge in [-0.3, -0.25) is 14.6 Å². The predicted octanol–water partition coefficient (Wildman–Crippen LogP) is 3.29. The molecule has 8 nitrogen and oxygen atoms in total. The summed E-state index contributed by atoms with van der Waals surface area (Å²) in [5, 5.41) is 15.7. The maximum absolute atomic E-state index is 12.8. The number of amidine groups is 1. The molecule has 3 N–H and O–H groups in total. The Morgan fingerprint density at radius 3 is 2.44 bits per heavy atom. The molecule has 2 aromatic carbocycles. The molecule has 2 amide bonds. The first kappa shape index (κ1) is 21.0. The zero-order chi connectivity index (χ0) is 22.7. The second kappa shape index (κ2) is 8.89. The van der Waals surface area contributed by atoms with Crippen molar-refractivity contribution in [2.45, 2.75) is 6.92 Å². The van der Waals surface area contributed by atoms with Gasteiger partial charge in [-0.25, -0.2) is 4.98 Å². The van der Waals surface area contributed by atoms with Gasteiger partial charge in [-0.05, 0) is 42.8 Å². The fourth-order valence-electron chi connectivity index (χ4n) is 3.39. The van der Waals surface area contributed by atoms with Crippen LogP contribution in [-0.4, -0.2) is 52.8 Å². The summed E-state index contributed by atoms with van der Waals surface area (Å²) in [4.78, 5) is 36.3. The Balaban J connectivity index is 1.53. The predicted molar refractivity (Wildman–Crippen MR) is 123 cm³/mol. The van der Waals surface area contributed by atoms with E-state index in [2.05, 4.69) is 25.5 Å². The zero-order valence-corrected chi connectivity index (χ0v) is 17.8. The lowest BCUT2D eigenvalue weighted by atomic mass is 10.1. The van der Waals surface area contributed by atoms with Gasteiger partial charge < -0.3 is 20.6 Å². The molecule has 4 rings (SSSR count). The van der Waals surface area contributed by atoms with Crippen LogP contribution in [0.15, 0.2) is 65.8 Å². The molecule has 1 aliphatic rings. The van der Waals surface area contributed by atoms with Crippen molar-refractivity contribution in [2.75, 3.05) is 30.8 Å². The van der Waals surface area contributed by atoms with Gasteiger partial charge >= 0.3 is 0 Å². The second-order valence-corrected chi connectivity index (χ2v) is 7.53. The number of para-hydroxylation sites is 1. The lowest BCUT2D eigenvalue weighted by molar-refractivity contribution is 0.102. The van der Waals surface area contributed by atoms with E-state index in [-0.39, 0.29) is 17.0 Å². The van der Waals surface area contributed by atoms with E-state index in [0.717, 1.165) is 30.1 Å². The van der Waals surface area contributed by atoms with Crippen LogP contribution in [0.1, 0.15) is 31.8 Å². The van der Waals surface area contributed by atoms with Gasteiger partial charge in [0.25, 0.3) is 11.8 Å². The number of aromatic hydroxyl groups is 1. The fraction of sp³-hybridized carbons (Fsp3) is 0.167. The largest absolute Gasteiger partial charge is 0.506 e. The number of amides is 2. The van der Waals surface area contributed by atoms with Crippen LogP contribution < -0.4 is 10.6 Å². The van der Waals surface area contributed by atoms with Crippen molar-refractivity contribution in [1.82, 2.24) is 9.88 Å². The summed E-state index contributed by atoms with van der Waals surface area (Å²) in [7, 11) is 1.98. The molecule has 0 unspecified atom stereocenters. The Morgan fingerprint density at radius 1 is 1.00 bits per heavy atom. The van der Waals surface area contributed by atoms with E-state index in [4.69, 9.17) is 0 Å². The van der Waals surface area contributed by atoms with Crippen molar-refractivity contribution in [2.24, 2.45) is 4.99 Å². The van der Waals surface area contributed by atoms with Crippen molar-refractivity contribution >= 4 is 29.2 Å². The summed E-state index contributed by atoms with van der Waals surface area (Å²) in [6.45, 7) is 3.52. The van der Waals surface area contributed by atoms with E-state index in [1.807, 2.05) is 32.2 Å². The van der Waals surface area contributed by atoms with Gasteiger partial charge in [0.15, 0.2) is 0 Å². The highest BCUT2D eigenvalue weighted by molar-refractivity contribution is 6.13. The molecule has 0 aliphatic carbocycles. The van der Waals surface area contributed by atoms with E-state index in [1.165, 1.54) is 18.2 Å². The molecule has 1 aliphatic heterocycles. The molecule has 0 saturated heterocycles. The van der Waals surface area contributed by atoms with Crippen molar-refractivity contribution in [3.8, 4) is 5.75 Å². The molecule has 162 valence electrons. The first-order valence-electron chi connectivity index (χ1n) is 10.2. The third-order valence-corrected chi connectivity index (χ3v) is 5.14. The van der Waals surface area contributed by atoms with E-state index in [0.29, 0.717) is 11.4 Å². The number of nitrogens with one attached hydrogen (secondary N) is 2. The van der Waals surface area contributed by atoms with Crippen molar-refractivity contribution in [1.29, 1.82) is 0 Å². The maximum atomic E-state index is 12.8. The number of aromatic nitrogens is 1. The molecule has 32 heavy (non-hydrogen) atoms. The Kier molecular flexibility index (Phi) is 5.85. The molecule has 0 saturated carbocycles. The SMILES string of the molecule is Cc1ccc(NC(=O)c2cccc(O)c2NC(=O)c2ccc(C3=NCCN3C)cc2)nc1. The molecule has 3 aromatic rings. The topological polar surface area (TPSA) is 107 Å². The maximum Gasteiger partial charge on any atom is 0.259 e. The third-order valence-electron chi connectivity index (χ3n) is 5.14. The molecule has 8 heteroatoms. The highest BCUT2D eigenvalue weighted by atomic mass is 16.3. The molecule has 0 radical (unpaired) electrons. The molecule has 0 bridgehead atoms. The molecule has 0 spiro atoms. The summed E-state index contributed by atoms with van der Waals surface area (Å²) in [6.07, 6.45) is 1.64. The number of nitrogens with zero attached hydrogens (tertiary/aromatic N) is 3. The number of carbonyl (C=O) groups excluding carboxylic acids is 2. The Labute approximate surface area is 185 Å². The van der Waals surface area contributed by atoms with Crippen LogP contribution >= 0.6 is 0 Å².